The molecule has 33 heavy (non-hydrogen) atoms. The summed E-state index contributed by atoms with van der Waals surface area (Å²) < 4.78 is 1.95. The third-order valence-electron chi connectivity index (χ3n) is 5.40. The quantitative estimate of drug-likeness (QED) is 0.408. The lowest BCUT2D eigenvalue weighted by Crippen LogP contribution is -2.36. The number of aryl methyl sites for hydroxylation is 4. The first-order chi connectivity index (χ1) is 15.8. The molecular weight excluding hydrogens is 412 g/mol. The first-order valence-electron chi connectivity index (χ1n) is 11.3. The molecule has 1 aromatic heterocycles. The van der Waals surface area contributed by atoms with Crippen molar-refractivity contribution in [1.82, 2.24) is 15.1 Å². The molecule has 0 aliphatic heterocycles. The topological polar surface area (TPSA) is 74.6 Å². The van der Waals surface area contributed by atoms with E-state index in [9.17, 15) is 4.79 Å². The molecule has 7 nitrogen and oxygen atoms in total. The highest BCUT2D eigenvalue weighted by molar-refractivity contribution is 6.10. The SMILES string of the molecule is CCCn1cc(CN=C(NC(=O)c2cccc(N(C)C)c2)Nc2ccc(C)cc2C)c(C)n1. The van der Waals surface area contributed by atoms with E-state index in [-0.39, 0.29) is 5.91 Å². The summed E-state index contributed by atoms with van der Waals surface area (Å²) in [7, 11) is 3.90. The van der Waals surface area contributed by atoms with Crippen LogP contribution in [0.1, 0.15) is 46.1 Å². The summed E-state index contributed by atoms with van der Waals surface area (Å²) in [6, 6.07) is 13.7. The lowest BCUT2D eigenvalue weighted by Gasteiger charge is -2.16. The molecule has 174 valence electrons. The summed E-state index contributed by atoms with van der Waals surface area (Å²) in [4.78, 5) is 19.7. The van der Waals surface area contributed by atoms with Crippen LogP contribution < -0.4 is 15.5 Å². The van der Waals surface area contributed by atoms with Gasteiger partial charge in [0.15, 0.2) is 0 Å². The van der Waals surface area contributed by atoms with Crippen molar-refractivity contribution in [3.05, 3.63) is 76.6 Å². The van der Waals surface area contributed by atoms with E-state index in [0.29, 0.717) is 18.1 Å². The lowest BCUT2D eigenvalue weighted by molar-refractivity contribution is 0.0977. The van der Waals surface area contributed by atoms with Gasteiger partial charge in [-0.15, -0.1) is 0 Å². The van der Waals surface area contributed by atoms with Crippen molar-refractivity contribution in [3.63, 3.8) is 0 Å². The highest BCUT2D eigenvalue weighted by Gasteiger charge is 2.12. The van der Waals surface area contributed by atoms with E-state index in [4.69, 9.17) is 4.99 Å². The average molecular weight is 447 g/mol. The number of nitrogens with one attached hydrogen (secondary N) is 2. The fourth-order valence-electron chi connectivity index (χ4n) is 3.52. The second-order valence-electron chi connectivity index (χ2n) is 8.51. The number of aromatic nitrogens is 2. The zero-order valence-electron chi connectivity index (χ0n) is 20.4. The number of hydrogen-bond acceptors (Lipinski definition) is 4. The fourth-order valence-corrected chi connectivity index (χ4v) is 3.52. The maximum Gasteiger partial charge on any atom is 0.258 e. The standard InChI is InChI=1S/C26H34N6O/c1-7-13-32-17-22(20(4)30-32)16-27-26(28-24-12-11-18(2)14-19(24)3)29-25(33)21-9-8-10-23(15-21)31(5)6/h8-12,14-15,17H,7,13,16H2,1-6H3,(H2,27,28,29,33). The van der Waals surface area contributed by atoms with E-state index >= 15 is 0 Å². The molecular formula is C26H34N6O. The molecule has 0 aliphatic rings. The van der Waals surface area contributed by atoms with Crippen LogP contribution in [0.25, 0.3) is 0 Å². The highest BCUT2D eigenvalue weighted by atomic mass is 16.1. The Morgan fingerprint density at radius 1 is 1.12 bits per heavy atom. The molecule has 7 heteroatoms. The molecule has 0 radical (unpaired) electrons. The number of hydrogen-bond donors (Lipinski definition) is 2. The van der Waals surface area contributed by atoms with Crippen molar-refractivity contribution in [1.29, 1.82) is 0 Å². The van der Waals surface area contributed by atoms with E-state index < -0.39 is 0 Å². The monoisotopic (exact) mass is 446 g/mol. The van der Waals surface area contributed by atoms with Gasteiger partial charge in [-0.25, -0.2) is 4.99 Å². The second-order valence-corrected chi connectivity index (χ2v) is 8.51. The van der Waals surface area contributed by atoms with Gasteiger partial charge in [-0.05, 0) is 57.0 Å². The van der Waals surface area contributed by atoms with Crippen LogP contribution in [0.4, 0.5) is 11.4 Å². The first-order valence-corrected chi connectivity index (χ1v) is 11.3. The maximum atomic E-state index is 13.1. The summed E-state index contributed by atoms with van der Waals surface area (Å²) in [5, 5.41) is 10.8. The largest absolute Gasteiger partial charge is 0.378 e. The van der Waals surface area contributed by atoms with Crippen molar-refractivity contribution >= 4 is 23.2 Å². The zero-order valence-corrected chi connectivity index (χ0v) is 20.4. The Hall–Kier alpha value is -3.61. The third kappa shape index (κ3) is 6.44. The van der Waals surface area contributed by atoms with Gasteiger partial charge in [0.1, 0.15) is 0 Å². The zero-order chi connectivity index (χ0) is 24.0. The number of rotatable bonds is 7. The molecule has 0 bridgehead atoms. The number of guanidine groups is 1. The number of amides is 1. The molecule has 2 aromatic carbocycles. The molecule has 0 unspecified atom stereocenters. The predicted molar refractivity (Wildman–Crippen MR) is 136 cm³/mol. The van der Waals surface area contributed by atoms with Crippen molar-refractivity contribution in [2.75, 3.05) is 24.3 Å². The number of carbonyl (C=O) groups is 1. The first kappa shape index (κ1) is 24.0. The van der Waals surface area contributed by atoms with Crippen LogP contribution in [-0.2, 0) is 13.1 Å². The summed E-state index contributed by atoms with van der Waals surface area (Å²) in [6.07, 6.45) is 3.05. The molecule has 1 heterocycles. The van der Waals surface area contributed by atoms with Crippen LogP contribution in [0.5, 0.6) is 0 Å². The Kier molecular flexibility index (Phi) is 7.87. The van der Waals surface area contributed by atoms with Crippen molar-refractivity contribution in [2.24, 2.45) is 4.99 Å². The maximum absolute atomic E-state index is 13.1. The van der Waals surface area contributed by atoms with Gasteiger partial charge in [0, 0.05) is 49.3 Å². The molecule has 0 spiro atoms. The Morgan fingerprint density at radius 2 is 1.91 bits per heavy atom. The summed E-state index contributed by atoms with van der Waals surface area (Å²) in [5.41, 5.74) is 6.68. The third-order valence-corrected chi connectivity index (χ3v) is 5.40. The summed E-state index contributed by atoms with van der Waals surface area (Å²) >= 11 is 0. The van der Waals surface area contributed by atoms with Crippen molar-refractivity contribution < 1.29 is 4.79 Å². The van der Waals surface area contributed by atoms with Gasteiger partial charge in [-0.1, -0.05) is 30.7 Å². The van der Waals surface area contributed by atoms with E-state index in [0.717, 1.165) is 41.2 Å². The Morgan fingerprint density at radius 3 is 2.61 bits per heavy atom. The minimum absolute atomic E-state index is 0.215. The molecule has 0 saturated carbocycles. The van der Waals surface area contributed by atoms with Crippen molar-refractivity contribution in [3.8, 4) is 0 Å². The fraction of sp³-hybridized carbons (Fsp3) is 0.346. The second kappa shape index (κ2) is 10.8. The molecule has 3 aromatic rings. The van der Waals surface area contributed by atoms with Gasteiger partial charge in [-0.3, -0.25) is 14.8 Å². The van der Waals surface area contributed by atoms with Crippen LogP contribution in [0.2, 0.25) is 0 Å². The number of anilines is 2. The molecule has 0 saturated heterocycles. The predicted octanol–water partition coefficient (Wildman–Crippen LogP) is 4.68. The van der Waals surface area contributed by atoms with Gasteiger partial charge in [0.05, 0.1) is 12.2 Å². The van der Waals surface area contributed by atoms with Crippen LogP contribution in [0.15, 0.2) is 53.7 Å². The number of aliphatic imine (C=N–C) groups is 1. The normalized spacial score (nSPS) is 11.4. The van der Waals surface area contributed by atoms with Crippen LogP contribution in [0, 0.1) is 20.8 Å². The molecule has 3 rings (SSSR count). The van der Waals surface area contributed by atoms with Gasteiger partial charge in [0.25, 0.3) is 5.91 Å². The minimum Gasteiger partial charge on any atom is -0.378 e. The van der Waals surface area contributed by atoms with Crippen LogP contribution in [0.3, 0.4) is 0 Å². The van der Waals surface area contributed by atoms with E-state index in [1.807, 2.05) is 74.1 Å². The van der Waals surface area contributed by atoms with Gasteiger partial charge in [-0.2, -0.15) is 5.10 Å². The Balaban J connectivity index is 1.86. The Bertz CT molecular complexity index is 1150. The average Bonchev–Trinajstić information content (AvgIpc) is 3.13. The molecule has 0 fully saturated rings. The summed E-state index contributed by atoms with van der Waals surface area (Å²) in [6.45, 7) is 9.50. The van der Waals surface area contributed by atoms with Crippen LogP contribution in [-0.4, -0.2) is 35.7 Å². The van der Waals surface area contributed by atoms with E-state index in [2.05, 4.69) is 35.6 Å². The molecule has 0 aliphatic carbocycles. The molecule has 2 N–H and O–H groups in total. The minimum atomic E-state index is -0.215. The molecule has 0 atom stereocenters. The van der Waals surface area contributed by atoms with E-state index in [1.54, 1.807) is 6.07 Å². The number of carbonyl (C=O) groups excluding carboxylic acids is 1. The van der Waals surface area contributed by atoms with Crippen molar-refractivity contribution in [2.45, 2.75) is 47.2 Å². The van der Waals surface area contributed by atoms with Gasteiger partial charge < -0.3 is 10.2 Å². The lowest BCUT2D eigenvalue weighted by atomic mass is 10.1. The van der Waals surface area contributed by atoms with Crippen LogP contribution >= 0.6 is 0 Å². The Labute approximate surface area is 196 Å². The summed E-state index contributed by atoms with van der Waals surface area (Å²) in [5.74, 6) is 0.193. The smallest absolute Gasteiger partial charge is 0.258 e. The van der Waals surface area contributed by atoms with E-state index in [1.165, 1.54) is 5.56 Å². The number of benzene rings is 2. The molecule has 1 amide bonds. The van der Waals surface area contributed by atoms with Gasteiger partial charge in [0.2, 0.25) is 5.96 Å². The number of nitrogens with zero attached hydrogens (tertiary/aromatic N) is 4. The van der Waals surface area contributed by atoms with Gasteiger partial charge >= 0.3 is 0 Å². The highest BCUT2D eigenvalue weighted by Crippen LogP contribution is 2.17.